The van der Waals surface area contributed by atoms with Crippen molar-refractivity contribution in [3.05, 3.63) is 42.2 Å². The van der Waals surface area contributed by atoms with Crippen LogP contribution in [0.1, 0.15) is 25.5 Å². The van der Waals surface area contributed by atoms with Gasteiger partial charge in [-0.05, 0) is 43.3 Å². The quantitative estimate of drug-likeness (QED) is 0.812. The Bertz CT molecular complexity index is 576. The maximum absolute atomic E-state index is 12.2. The summed E-state index contributed by atoms with van der Waals surface area (Å²) in [7, 11) is 0. The SMILES string of the molecule is CC(C)n1cc(NCc2ccc(SC(F)(F)F)cc2)cn1. The average molecular weight is 315 g/mol. The lowest BCUT2D eigenvalue weighted by Gasteiger charge is -2.07. The molecule has 1 aromatic heterocycles. The lowest BCUT2D eigenvalue weighted by atomic mass is 10.2. The molecule has 0 bridgehead atoms. The van der Waals surface area contributed by atoms with Gasteiger partial charge in [-0.1, -0.05) is 12.1 Å². The average Bonchev–Trinajstić information content (AvgIpc) is 2.85. The van der Waals surface area contributed by atoms with Crippen molar-refractivity contribution in [1.29, 1.82) is 0 Å². The van der Waals surface area contributed by atoms with Crippen LogP contribution < -0.4 is 5.32 Å². The number of hydrogen-bond acceptors (Lipinski definition) is 3. The first-order chi connectivity index (χ1) is 9.83. The Kier molecular flexibility index (Phi) is 4.82. The van der Waals surface area contributed by atoms with Gasteiger partial charge in [-0.2, -0.15) is 18.3 Å². The molecule has 0 radical (unpaired) electrons. The molecule has 0 saturated heterocycles. The van der Waals surface area contributed by atoms with Crippen molar-refractivity contribution >= 4 is 17.4 Å². The molecule has 3 nitrogen and oxygen atoms in total. The molecule has 0 fully saturated rings. The summed E-state index contributed by atoms with van der Waals surface area (Å²) >= 11 is -0.103. The molecule has 21 heavy (non-hydrogen) atoms. The fourth-order valence-corrected chi connectivity index (χ4v) is 2.26. The number of rotatable bonds is 5. The number of thioether (sulfide) groups is 1. The van der Waals surface area contributed by atoms with Gasteiger partial charge >= 0.3 is 5.51 Å². The fraction of sp³-hybridized carbons (Fsp3) is 0.357. The molecule has 1 N–H and O–H groups in total. The molecule has 0 aliphatic heterocycles. The molecular weight excluding hydrogens is 299 g/mol. The molecule has 0 aliphatic carbocycles. The van der Waals surface area contributed by atoms with Gasteiger partial charge < -0.3 is 5.32 Å². The molecule has 114 valence electrons. The summed E-state index contributed by atoms with van der Waals surface area (Å²) < 4.78 is 38.5. The first kappa shape index (κ1) is 15.8. The molecule has 0 amide bonds. The van der Waals surface area contributed by atoms with Crippen LogP contribution in [0, 0.1) is 0 Å². The molecular formula is C14H16F3N3S. The van der Waals surface area contributed by atoms with Gasteiger partial charge in [-0.15, -0.1) is 0 Å². The number of nitrogens with zero attached hydrogens (tertiary/aromatic N) is 2. The number of benzene rings is 1. The van der Waals surface area contributed by atoms with Crippen molar-refractivity contribution in [1.82, 2.24) is 9.78 Å². The Hall–Kier alpha value is -1.63. The number of anilines is 1. The van der Waals surface area contributed by atoms with E-state index in [0.29, 0.717) is 12.6 Å². The van der Waals surface area contributed by atoms with Crippen molar-refractivity contribution in [2.75, 3.05) is 5.32 Å². The topological polar surface area (TPSA) is 29.9 Å². The summed E-state index contributed by atoms with van der Waals surface area (Å²) in [5, 5.41) is 7.40. The molecule has 0 atom stereocenters. The zero-order chi connectivity index (χ0) is 15.5. The van der Waals surface area contributed by atoms with E-state index in [9.17, 15) is 13.2 Å². The van der Waals surface area contributed by atoms with Crippen LogP contribution in [0.15, 0.2) is 41.6 Å². The normalized spacial score (nSPS) is 11.9. The lowest BCUT2D eigenvalue weighted by molar-refractivity contribution is -0.0328. The van der Waals surface area contributed by atoms with E-state index in [-0.39, 0.29) is 16.7 Å². The van der Waals surface area contributed by atoms with Crippen LogP contribution in [0.2, 0.25) is 0 Å². The molecule has 2 rings (SSSR count). The van der Waals surface area contributed by atoms with Gasteiger partial charge in [-0.25, -0.2) is 0 Å². The highest BCUT2D eigenvalue weighted by molar-refractivity contribution is 8.00. The lowest BCUT2D eigenvalue weighted by Crippen LogP contribution is -2.01. The summed E-state index contributed by atoms with van der Waals surface area (Å²) in [6.45, 7) is 4.61. The Morgan fingerprint density at radius 2 is 1.90 bits per heavy atom. The predicted octanol–water partition coefficient (Wildman–Crippen LogP) is 4.69. The second-order valence-corrected chi connectivity index (χ2v) is 5.99. The maximum Gasteiger partial charge on any atom is 0.446 e. The first-order valence-corrected chi connectivity index (χ1v) is 7.28. The van der Waals surface area contributed by atoms with Gasteiger partial charge in [0.15, 0.2) is 0 Å². The second kappa shape index (κ2) is 6.43. The van der Waals surface area contributed by atoms with E-state index in [0.717, 1.165) is 11.3 Å². The van der Waals surface area contributed by atoms with E-state index in [1.165, 1.54) is 12.1 Å². The number of nitrogens with one attached hydrogen (secondary N) is 1. The van der Waals surface area contributed by atoms with Gasteiger partial charge in [0.1, 0.15) is 0 Å². The standard InChI is InChI=1S/C14H16F3N3S/c1-10(2)20-9-12(8-19-20)18-7-11-3-5-13(6-4-11)21-14(15,16)17/h3-6,8-10,18H,7H2,1-2H3. The van der Waals surface area contributed by atoms with Crippen LogP contribution in [-0.4, -0.2) is 15.3 Å². The smallest absolute Gasteiger partial charge is 0.378 e. The van der Waals surface area contributed by atoms with Crippen molar-refractivity contribution in [2.45, 2.75) is 36.8 Å². The monoisotopic (exact) mass is 315 g/mol. The molecule has 1 aromatic carbocycles. The van der Waals surface area contributed by atoms with Crippen LogP contribution in [-0.2, 0) is 6.54 Å². The number of aromatic nitrogens is 2. The van der Waals surface area contributed by atoms with Crippen LogP contribution in [0.25, 0.3) is 0 Å². The summed E-state index contributed by atoms with van der Waals surface area (Å²) in [5.74, 6) is 0. The Labute approximate surface area is 125 Å². The van der Waals surface area contributed by atoms with E-state index >= 15 is 0 Å². The van der Waals surface area contributed by atoms with Gasteiger partial charge in [-0.3, -0.25) is 4.68 Å². The second-order valence-electron chi connectivity index (χ2n) is 4.85. The van der Waals surface area contributed by atoms with Gasteiger partial charge in [0.25, 0.3) is 0 Å². The Morgan fingerprint density at radius 1 is 1.24 bits per heavy atom. The largest absolute Gasteiger partial charge is 0.446 e. The van der Waals surface area contributed by atoms with Crippen molar-refractivity contribution < 1.29 is 13.2 Å². The maximum atomic E-state index is 12.2. The highest BCUT2D eigenvalue weighted by Crippen LogP contribution is 2.36. The predicted molar refractivity (Wildman–Crippen MR) is 78.3 cm³/mol. The molecule has 0 spiro atoms. The van der Waals surface area contributed by atoms with Crippen LogP contribution in [0.5, 0.6) is 0 Å². The number of halogens is 3. The zero-order valence-electron chi connectivity index (χ0n) is 11.7. The Morgan fingerprint density at radius 3 is 2.43 bits per heavy atom. The third kappa shape index (κ3) is 5.00. The third-order valence-corrected chi connectivity index (χ3v) is 3.52. The highest BCUT2D eigenvalue weighted by Gasteiger charge is 2.28. The summed E-state index contributed by atoms with van der Waals surface area (Å²) in [6.07, 6.45) is 3.63. The zero-order valence-corrected chi connectivity index (χ0v) is 12.5. The van der Waals surface area contributed by atoms with E-state index in [1.807, 2.05) is 24.7 Å². The van der Waals surface area contributed by atoms with Gasteiger partial charge in [0.2, 0.25) is 0 Å². The number of alkyl halides is 3. The van der Waals surface area contributed by atoms with Gasteiger partial charge in [0, 0.05) is 23.7 Å². The highest BCUT2D eigenvalue weighted by atomic mass is 32.2. The van der Waals surface area contributed by atoms with Crippen molar-refractivity contribution in [3.63, 3.8) is 0 Å². The summed E-state index contributed by atoms with van der Waals surface area (Å²) in [4.78, 5) is 0.193. The molecule has 0 aliphatic rings. The minimum absolute atomic E-state index is 0.103. The third-order valence-electron chi connectivity index (χ3n) is 2.78. The van der Waals surface area contributed by atoms with Crippen LogP contribution in [0.3, 0.4) is 0 Å². The first-order valence-electron chi connectivity index (χ1n) is 6.46. The van der Waals surface area contributed by atoms with Gasteiger partial charge in [0.05, 0.1) is 11.9 Å². The Balaban J connectivity index is 1.91. The molecule has 7 heteroatoms. The minimum atomic E-state index is -4.24. The fourth-order valence-electron chi connectivity index (χ4n) is 1.72. The van der Waals surface area contributed by atoms with Crippen molar-refractivity contribution in [3.8, 4) is 0 Å². The number of hydrogen-bond donors (Lipinski definition) is 1. The van der Waals surface area contributed by atoms with E-state index in [1.54, 1.807) is 18.3 Å². The summed E-state index contributed by atoms with van der Waals surface area (Å²) in [5.41, 5.74) is -2.44. The van der Waals surface area contributed by atoms with E-state index in [4.69, 9.17) is 0 Å². The minimum Gasteiger partial charge on any atom is -0.378 e. The van der Waals surface area contributed by atoms with Crippen LogP contribution >= 0.6 is 11.8 Å². The molecule has 2 aromatic rings. The van der Waals surface area contributed by atoms with E-state index in [2.05, 4.69) is 10.4 Å². The molecule has 1 heterocycles. The summed E-state index contributed by atoms with van der Waals surface area (Å²) in [6, 6.07) is 6.63. The van der Waals surface area contributed by atoms with E-state index < -0.39 is 5.51 Å². The van der Waals surface area contributed by atoms with Crippen LogP contribution in [0.4, 0.5) is 18.9 Å². The molecule has 0 unspecified atom stereocenters. The van der Waals surface area contributed by atoms with Crippen molar-refractivity contribution in [2.24, 2.45) is 0 Å². The molecule has 0 saturated carbocycles.